The summed E-state index contributed by atoms with van der Waals surface area (Å²) in [7, 11) is -2.21. The standard InChI is InChI=1S/C6H15NO3.C6H18NSi2.Ge/c8-4-1-7(2-5-9)3-6-10;1-8(2,3)7-9(4,5)6;/h8-10H,1-6H2;1-6H3;/q;-1;. The normalized spacial score (nSPS) is 11.7. The van der Waals surface area contributed by atoms with E-state index >= 15 is 0 Å². The van der Waals surface area contributed by atoms with Gasteiger partial charge in [-0.05, 0) is 0 Å². The Hall–Kier alpha value is 0.777. The molecule has 0 saturated heterocycles. The third-order valence-corrected chi connectivity index (χ3v) is 7.29. The zero-order valence-electron chi connectivity index (χ0n) is 14.0. The zero-order chi connectivity index (χ0) is 15.5. The molecule has 0 unspecified atom stereocenters. The average molecular weight is 382 g/mol. The topological polar surface area (TPSA) is 78.0 Å². The molecule has 122 valence electrons. The number of aliphatic hydroxyl groups excluding tert-OH is 3. The van der Waals surface area contributed by atoms with Gasteiger partial charge < -0.3 is 20.0 Å². The summed E-state index contributed by atoms with van der Waals surface area (Å²) in [6.07, 6.45) is 0. The van der Waals surface area contributed by atoms with Gasteiger partial charge >= 0.3 is 0 Å². The molecule has 0 fully saturated rings. The number of rotatable bonds is 8. The predicted molar refractivity (Wildman–Crippen MR) is 93.5 cm³/mol. The van der Waals surface area contributed by atoms with Gasteiger partial charge in [-0.25, -0.2) is 0 Å². The molecule has 20 heavy (non-hydrogen) atoms. The van der Waals surface area contributed by atoms with Crippen molar-refractivity contribution in [1.29, 1.82) is 0 Å². The molecule has 4 radical (unpaired) electrons. The summed E-state index contributed by atoms with van der Waals surface area (Å²) >= 11 is 0. The quantitative estimate of drug-likeness (QED) is 0.546. The van der Waals surface area contributed by atoms with Gasteiger partial charge in [-0.3, -0.25) is 4.90 Å². The Bertz CT molecular complexity index is 186. The minimum atomic E-state index is -1.11. The third-order valence-electron chi connectivity index (χ3n) is 1.92. The monoisotopic (exact) mass is 383 g/mol. The Morgan fingerprint density at radius 3 is 1.05 bits per heavy atom. The maximum atomic E-state index is 8.48. The smallest absolute Gasteiger partial charge is 0.0558 e. The third kappa shape index (κ3) is 23.8. The SMILES string of the molecule is C[Si](C)(C)[N-][Si](C)(C)C.OCCN(CCO)CCO.[Ge]. The predicted octanol–water partition coefficient (Wildman–Crippen LogP) is 0.914. The largest absolute Gasteiger partial charge is 0.668 e. The molecule has 5 nitrogen and oxygen atoms in total. The van der Waals surface area contributed by atoms with E-state index < -0.39 is 16.5 Å². The fourth-order valence-electron chi connectivity index (χ4n) is 1.77. The summed E-state index contributed by atoms with van der Waals surface area (Å²) in [5.74, 6) is 0. The van der Waals surface area contributed by atoms with E-state index in [9.17, 15) is 0 Å². The summed E-state index contributed by atoms with van der Waals surface area (Å²) in [6, 6.07) is 0. The molecule has 0 aliphatic heterocycles. The molecule has 0 aromatic heterocycles. The van der Waals surface area contributed by atoms with Crippen molar-refractivity contribution in [3.8, 4) is 0 Å². The Morgan fingerprint density at radius 2 is 0.950 bits per heavy atom. The van der Waals surface area contributed by atoms with Crippen LogP contribution in [-0.4, -0.2) is 93.7 Å². The molecule has 0 amide bonds. The van der Waals surface area contributed by atoms with Crippen LogP contribution in [0.5, 0.6) is 0 Å². The van der Waals surface area contributed by atoms with Gasteiger partial charge in [-0.2, -0.15) is 0 Å². The van der Waals surface area contributed by atoms with Crippen LogP contribution < -0.4 is 0 Å². The molecule has 0 aromatic rings. The molecule has 0 saturated carbocycles. The molecule has 0 aliphatic carbocycles. The molecule has 0 heterocycles. The molecule has 0 atom stereocenters. The van der Waals surface area contributed by atoms with Crippen molar-refractivity contribution in [3.63, 3.8) is 0 Å². The van der Waals surface area contributed by atoms with Crippen LogP contribution in [0.4, 0.5) is 0 Å². The van der Waals surface area contributed by atoms with E-state index in [-0.39, 0.29) is 37.4 Å². The van der Waals surface area contributed by atoms with E-state index in [4.69, 9.17) is 20.0 Å². The molecular weight excluding hydrogens is 349 g/mol. The van der Waals surface area contributed by atoms with E-state index in [1.54, 1.807) is 4.90 Å². The van der Waals surface area contributed by atoms with Crippen molar-refractivity contribution in [2.45, 2.75) is 39.3 Å². The average Bonchev–Trinajstić information content (AvgIpc) is 2.13. The van der Waals surface area contributed by atoms with E-state index in [0.717, 1.165) is 0 Å². The molecule has 0 aromatic carbocycles. The van der Waals surface area contributed by atoms with Crippen LogP contribution in [0.25, 0.3) is 4.65 Å². The number of hydrogen-bond donors (Lipinski definition) is 3. The van der Waals surface area contributed by atoms with Gasteiger partial charge in [0.2, 0.25) is 0 Å². The van der Waals surface area contributed by atoms with Crippen LogP contribution in [0.1, 0.15) is 0 Å². The molecule has 3 N–H and O–H groups in total. The van der Waals surface area contributed by atoms with Gasteiger partial charge in [0.1, 0.15) is 0 Å². The van der Waals surface area contributed by atoms with E-state index in [0.29, 0.717) is 19.6 Å². The summed E-state index contributed by atoms with van der Waals surface area (Å²) in [6.45, 7) is 15.5. The fraction of sp³-hybridized carbons (Fsp3) is 1.00. The van der Waals surface area contributed by atoms with Gasteiger partial charge in [0, 0.05) is 37.2 Å². The van der Waals surface area contributed by atoms with E-state index in [1.807, 2.05) is 0 Å². The van der Waals surface area contributed by atoms with Crippen LogP contribution in [0.2, 0.25) is 39.3 Å². The van der Waals surface area contributed by atoms with Gasteiger partial charge in [0.05, 0.1) is 19.8 Å². The molecule has 0 spiro atoms. The van der Waals surface area contributed by atoms with Crippen LogP contribution in [0, 0.1) is 0 Å². The van der Waals surface area contributed by atoms with Crippen LogP contribution >= 0.6 is 0 Å². The van der Waals surface area contributed by atoms with Crippen molar-refractivity contribution in [2.24, 2.45) is 0 Å². The summed E-state index contributed by atoms with van der Waals surface area (Å²) in [5, 5.41) is 25.5. The second-order valence-electron chi connectivity index (χ2n) is 6.47. The first-order valence-corrected chi connectivity index (χ1v) is 13.7. The molecular formula is C12H33GeN2O3Si2-. The Kier molecular flexibility index (Phi) is 17.3. The minimum Gasteiger partial charge on any atom is -0.668 e. The first-order chi connectivity index (χ1) is 8.55. The number of hydrogen-bond acceptors (Lipinski definition) is 4. The summed E-state index contributed by atoms with van der Waals surface area (Å²) < 4.78 is 4.82. The number of nitrogens with zero attached hydrogens (tertiary/aromatic N) is 2. The maximum Gasteiger partial charge on any atom is 0.0558 e. The van der Waals surface area contributed by atoms with Crippen molar-refractivity contribution in [1.82, 2.24) is 4.90 Å². The first kappa shape index (κ1) is 25.7. The van der Waals surface area contributed by atoms with Crippen molar-refractivity contribution in [3.05, 3.63) is 4.65 Å². The van der Waals surface area contributed by atoms with Gasteiger partial charge in [-0.1, -0.05) is 55.8 Å². The van der Waals surface area contributed by atoms with Gasteiger partial charge in [0.25, 0.3) is 0 Å². The second kappa shape index (κ2) is 13.4. The van der Waals surface area contributed by atoms with Crippen molar-refractivity contribution in [2.75, 3.05) is 39.5 Å². The van der Waals surface area contributed by atoms with E-state index in [1.165, 1.54) is 0 Å². The minimum absolute atomic E-state index is 0. The van der Waals surface area contributed by atoms with Gasteiger partial charge in [0.15, 0.2) is 0 Å². The molecule has 0 bridgehead atoms. The Labute approximate surface area is 137 Å². The molecule has 0 aliphatic rings. The molecule has 8 heteroatoms. The van der Waals surface area contributed by atoms with E-state index in [2.05, 4.69) is 39.3 Å². The van der Waals surface area contributed by atoms with Crippen LogP contribution in [0.15, 0.2) is 0 Å². The van der Waals surface area contributed by atoms with Gasteiger partial charge in [-0.15, -0.1) is 0 Å². The number of aliphatic hydroxyl groups is 3. The van der Waals surface area contributed by atoms with Crippen LogP contribution in [-0.2, 0) is 0 Å². The fourth-order valence-corrected chi connectivity index (χ4v) is 9.82. The maximum absolute atomic E-state index is 8.48. The van der Waals surface area contributed by atoms with Crippen molar-refractivity contribution >= 4 is 34.1 Å². The van der Waals surface area contributed by atoms with Crippen molar-refractivity contribution < 1.29 is 15.3 Å². The Morgan fingerprint density at radius 1 is 0.700 bits per heavy atom. The second-order valence-corrected chi connectivity index (χ2v) is 16.0. The summed E-state index contributed by atoms with van der Waals surface area (Å²) in [4.78, 5) is 1.79. The molecule has 0 rings (SSSR count). The Balaban J connectivity index is -0.000000277. The zero-order valence-corrected chi connectivity index (χ0v) is 18.1. The summed E-state index contributed by atoms with van der Waals surface area (Å²) in [5.41, 5.74) is 0. The first-order valence-electron chi connectivity index (χ1n) is 6.84. The van der Waals surface area contributed by atoms with Crippen LogP contribution in [0.3, 0.4) is 0 Å².